The predicted octanol–water partition coefficient (Wildman–Crippen LogP) is 5.95. The Balaban J connectivity index is 1.78. The first-order valence-corrected chi connectivity index (χ1v) is 13.4. The summed E-state index contributed by atoms with van der Waals surface area (Å²) in [5.41, 5.74) is 4.68. The fourth-order valence-corrected chi connectivity index (χ4v) is 5.01. The molecule has 1 heterocycles. The average Bonchev–Trinajstić information content (AvgIpc) is 3.49. The van der Waals surface area contributed by atoms with Gasteiger partial charge in [-0.25, -0.2) is 4.79 Å². The lowest BCUT2D eigenvalue weighted by Gasteiger charge is -2.39. The molecule has 0 fully saturated rings. The van der Waals surface area contributed by atoms with Gasteiger partial charge < -0.3 is 10.0 Å². The lowest BCUT2D eigenvalue weighted by Crippen LogP contribution is -2.50. The van der Waals surface area contributed by atoms with E-state index in [4.69, 9.17) is 0 Å². The van der Waals surface area contributed by atoms with E-state index in [2.05, 4.69) is 20.6 Å². The van der Waals surface area contributed by atoms with Gasteiger partial charge in [-0.1, -0.05) is 106 Å². The number of carboxylic acid groups (broad SMARTS) is 1. The molecule has 0 spiro atoms. The number of tetrazole rings is 1. The maximum absolute atomic E-state index is 13.7. The van der Waals surface area contributed by atoms with E-state index in [1.54, 1.807) is 4.90 Å². The monoisotopic (exact) mass is 525 g/mol. The van der Waals surface area contributed by atoms with Gasteiger partial charge in [0, 0.05) is 12.0 Å². The van der Waals surface area contributed by atoms with Crippen molar-refractivity contribution in [2.24, 2.45) is 5.92 Å². The molecule has 0 radical (unpaired) electrons. The van der Waals surface area contributed by atoms with Crippen molar-refractivity contribution in [3.8, 4) is 22.5 Å². The Morgan fingerprint density at radius 2 is 1.59 bits per heavy atom. The summed E-state index contributed by atoms with van der Waals surface area (Å²) >= 11 is 0. The molecule has 4 rings (SSSR count). The van der Waals surface area contributed by atoms with Crippen LogP contribution in [0.4, 0.5) is 0 Å². The van der Waals surface area contributed by atoms with Gasteiger partial charge >= 0.3 is 5.97 Å². The van der Waals surface area contributed by atoms with Crippen molar-refractivity contribution in [3.63, 3.8) is 0 Å². The van der Waals surface area contributed by atoms with E-state index in [0.717, 1.165) is 34.2 Å². The number of amides is 1. The van der Waals surface area contributed by atoms with Crippen molar-refractivity contribution >= 4 is 11.9 Å². The quantitative estimate of drug-likeness (QED) is 0.237. The number of nitrogens with one attached hydrogen (secondary N) is 1. The van der Waals surface area contributed by atoms with Crippen LogP contribution in [-0.4, -0.2) is 48.5 Å². The van der Waals surface area contributed by atoms with Gasteiger partial charge in [0.15, 0.2) is 0 Å². The Labute approximate surface area is 229 Å². The first-order chi connectivity index (χ1) is 18.9. The number of rotatable bonds is 12. The highest BCUT2D eigenvalue weighted by atomic mass is 16.4. The molecule has 8 heteroatoms. The Bertz CT molecular complexity index is 1350. The molecule has 0 saturated carbocycles. The highest BCUT2D eigenvalue weighted by molar-refractivity contribution is 5.84. The van der Waals surface area contributed by atoms with Crippen molar-refractivity contribution in [2.75, 3.05) is 0 Å². The predicted molar refractivity (Wildman–Crippen MR) is 151 cm³/mol. The molecule has 0 aliphatic carbocycles. The molecule has 0 aliphatic heterocycles. The molecule has 1 amide bonds. The van der Waals surface area contributed by atoms with Crippen molar-refractivity contribution < 1.29 is 14.7 Å². The van der Waals surface area contributed by atoms with Gasteiger partial charge in [-0.3, -0.25) is 4.79 Å². The van der Waals surface area contributed by atoms with Gasteiger partial charge in [0.2, 0.25) is 11.7 Å². The minimum atomic E-state index is -0.987. The van der Waals surface area contributed by atoms with Gasteiger partial charge in [0.1, 0.15) is 6.04 Å². The fourth-order valence-electron chi connectivity index (χ4n) is 5.01. The molecule has 39 heavy (non-hydrogen) atoms. The summed E-state index contributed by atoms with van der Waals surface area (Å²) in [4.78, 5) is 27.8. The lowest BCUT2D eigenvalue weighted by atomic mass is 9.90. The Kier molecular flexibility index (Phi) is 9.20. The maximum atomic E-state index is 13.7. The van der Waals surface area contributed by atoms with Crippen molar-refractivity contribution in [1.82, 2.24) is 25.5 Å². The van der Waals surface area contributed by atoms with E-state index in [0.29, 0.717) is 25.1 Å². The van der Waals surface area contributed by atoms with Gasteiger partial charge in [-0.2, -0.15) is 5.21 Å². The van der Waals surface area contributed by atoms with Crippen LogP contribution in [0.1, 0.15) is 57.2 Å². The van der Waals surface area contributed by atoms with E-state index >= 15 is 0 Å². The number of benzene rings is 3. The molecule has 2 N–H and O–H groups in total. The van der Waals surface area contributed by atoms with Crippen molar-refractivity contribution in [1.29, 1.82) is 0 Å². The topological polar surface area (TPSA) is 112 Å². The van der Waals surface area contributed by atoms with E-state index in [1.807, 2.05) is 99.6 Å². The summed E-state index contributed by atoms with van der Waals surface area (Å²) in [6, 6.07) is 24.4. The zero-order chi connectivity index (χ0) is 27.8. The van der Waals surface area contributed by atoms with Gasteiger partial charge in [-0.15, -0.1) is 10.2 Å². The summed E-state index contributed by atoms with van der Waals surface area (Å²) in [5.74, 6) is -0.873. The molecule has 8 nitrogen and oxygen atoms in total. The summed E-state index contributed by atoms with van der Waals surface area (Å²) < 4.78 is 0. The number of aliphatic carboxylic acids is 1. The smallest absolute Gasteiger partial charge is 0.326 e. The summed E-state index contributed by atoms with van der Waals surface area (Å²) in [6.07, 6.45) is 2.39. The van der Waals surface area contributed by atoms with Crippen LogP contribution >= 0.6 is 0 Å². The van der Waals surface area contributed by atoms with Gasteiger partial charge in [0.05, 0.1) is 6.04 Å². The molecule has 1 unspecified atom stereocenters. The first-order valence-electron chi connectivity index (χ1n) is 13.4. The normalized spacial score (nSPS) is 12.7. The van der Waals surface area contributed by atoms with Crippen molar-refractivity contribution in [2.45, 2.75) is 58.5 Å². The van der Waals surface area contributed by atoms with Crippen LogP contribution < -0.4 is 0 Å². The number of H-pyrrole nitrogens is 1. The van der Waals surface area contributed by atoms with Crippen molar-refractivity contribution in [3.05, 3.63) is 90.0 Å². The highest BCUT2D eigenvalue weighted by Gasteiger charge is 2.37. The third-order valence-corrected chi connectivity index (χ3v) is 6.94. The lowest BCUT2D eigenvalue weighted by molar-refractivity contribution is -0.155. The number of aromatic nitrogens is 4. The zero-order valence-corrected chi connectivity index (χ0v) is 22.6. The van der Waals surface area contributed by atoms with Crippen LogP contribution in [0.2, 0.25) is 0 Å². The van der Waals surface area contributed by atoms with E-state index in [1.165, 1.54) is 0 Å². The number of hydrogen-bond acceptors (Lipinski definition) is 5. The number of hydrogen-bond donors (Lipinski definition) is 2. The van der Waals surface area contributed by atoms with Crippen LogP contribution in [0.5, 0.6) is 0 Å². The fraction of sp³-hybridized carbons (Fsp3) is 0.323. The van der Waals surface area contributed by atoms with Crippen LogP contribution in [0.15, 0.2) is 78.9 Å². The van der Waals surface area contributed by atoms with Crippen LogP contribution in [0.25, 0.3) is 22.5 Å². The first kappa shape index (κ1) is 27.7. The maximum Gasteiger partial charge on any atom is 0.326 e. The molecule has 1 aromatic heterocycles. The largest absolute Gasteiger partial charge is 0.480 e. The molecule has 2 atom stereocenters. The van der Waals surface area contributed by atoms with E-state index in [-0.39, 0.29) is 11.8 Å². The Morgan fingerprint density at radius 3 is 2.18 bits per heavy atom. The summed E-state index contributed by atoms with van der Waals surface area (Å²) in [5, 5.41) is 24.7. The number of carbonyl (C=O) groups excluding carboxylic acids is 1. The van der Waals surface area contributed by atoms with E-state index < -0.39 is 18.1 Å². The SMILES string of the molecule is CCCCC(=O)N(C(C(=O)O)C(C)C)[C@H](Cc1ccccc1)c1ccc(-c2ccccc2-c2nn[nH]n2)cc1. The molecule has 0 saturated heterocycles. The van der Waals surface area contributed by atoms with Gasteiger partial charge in [-0.05, 0) is 46.2 Å². The molecule has 0 bridgehead atoms. The minimum absolute atomic E-state index is 0.134. The third kappa shape index (κ3) is 6.57. The second kappa shape index (κ2) is 13.0. The number of carbonyl (C=O) groups is 2. The zero-order valence-electron chi connectivity index (χ0n) is 22.6. The third-order valence-electron chi connectivity index (χ3n) is 6.94. The number of nitrogens with zero attached hydrogens (tertiary/aromatic N) is 4. The molecule has 202 valence electrons. The van der Waals surface area contributed by atoms with E-state index in [9.17, 15) is 14.7 Å². The minimum Gasteiger partial charge on any atom is -0.480 e. The Morgan fingerprint density at radius 1 is 0.923 bits per heavy atom. The molecular weight excluding hydrogens is 490 g/mol. The second-order valence-corrected chi connectivity index (χ2v) is 10.0. The standard InChI is InChI=1S/C31H35N5O3/c1-4-5-15-28(37)36(29(21(2)3)31(38)39)27(20-22-11-7-6-8-12-22)24-18-16-23(17-19-24)25-13-9-10-14-26(25)30-32-34-35-33-30/h6-14,16-19,21,27,29H,4-5,15,20H2,1-3H3,(H,38,39)(H,32,33,34,35)/t27-,29?/m1/s1. The van der Waals surface area contributed by atoms with Crippen LogP contribution in [0, 0.1) is 5.92 Å². The molecule has 0 aliphatic rings. The number of aromatic amines is 1. The molecular formula is C31H35N5O3. The highest BCUT2D eigenvalue weighted by Crippen LogP contribution is 2.34. The van der Waals surface area contributed by atoms with Crippen LogP contribution in [-0.2, 0) is 16.0 Å². The molecule has 4 aromatic rings. The summed E-state index contributed by atoms with van der Waals surface area (Å²) in [7, 11) is 0. The Hall–Kier alpha value is -4.33. The second-order valence-electron chi connectivity index (χ2n) is 10.0. The number of carboxylic acids is 1. The average molecular weight is 526 g/mol. The van der Waals surface area contributed by atoms with Crippen LogP contribution in [0.3, 0.4) is 0 Å². The summed E-state index contributed by atoms with van der Waals surface area (Å²) in [6.45, 7) is 5.74. The van der Waals surface area contributed by atoms with Gasteiger partial charge in [0.25, 0.3) is 0 Å². The number of unbranched alkanes of at least 4 members (excludes halogenated alkanes) is 1. The molecule has 3 aromatic carbocycles.